The van der Waals surface area contributed by atoms with Crippen LogP contribution in [0.25, 0.3) is 0 Å². The van der Waals surface area contributed by atoms with Gasteiger partial charge in [0.15, 0.2) is 5.82 Å². The summed E-state index contributed by atoms with van der Waals surface area (Å²) >= 11 is 7.64. The van der Waals surface area contributed by atoms with Crippen LogP contribution in [0, 0.1) is 5.41 Å². The second-order valence-corrected chi connectivity index (χ2v) is 12.0. The lowest BCUT2D eigenvalue weighted by Crippen LogP contribution is -2.42. The highest BCUT2D eigenvalue weighted by Gasteiger charge is 2.29. The number of carbonyl (C=O) groups excluding carboxylic acids is 1. The number of sulfonamides is 1. The summed E-state index contributed by atoms with van der Waals surface area (Å²) in [5.74, 6) is 0.0961. The number of piperidine rings is 1. The average molecular weight is 547 g/mol. The van der Waals surface area contributed by atoms with E-state index >= 15 is 0 Å². The molecule has 0 aliphatic carbocycles. The Hall–Kier alpha value is -2.86. The number of rotatable bonds is 7. The van der Waals surface area contributed by atoms with Gasteiger partial charge in [-0.05, 0) is 49.1 Å². The lowest BCUT2D eigenvalue weighted by atomic mass is 9.80. The maximum atomic E-state index is 12.8. The first-order valence-corrected chi connectivity index (χ1v) is 14.0. The Balaban J connectivity index is 1.49. The van der Waals surface area contributed by atoms with Crippen LogP contribution in [-0.4, -0.2) is 43.9 Å². The Bertz CT molecular complexity index is 1360. The molecule has 1 aromatic heterocycles. The molecule has 190 valence electrons. The summed E-state index contributed by atoms with van der Waals surface area (Å²) in [6.45, 7) is 4.49. The molecule has 3 aromatic rings. The molecule has 1 amide bonds. The first-order chi connectivity index (χ1) is 17.1. The molecule has 0 atom stereocenters. The van der Waals surface area contributed by atoms with Crippen LogP contribution in [0.15, 0.2) is 69.5 Å². The summed E-state index contributed by atoms with van der Waals surface area (Å²) in [7, 11) is -4.05. The molecule has 12 heteroatoms. The molecule has 2 aromatic carbocycles. The molecule has 5 N–H and O–H groups in total. The van der Waals surface area contributed by atoms with E-state index in [1.54, 1.807) is 36.5 Å². The van der Waals surface area contributed by atoms with Crippen LogP contribution >= 0.6 is 23.4 Å². The number of nitrogens with zero attached hydrogens (tertiary/aromatic N) is 3. The predicted molar refractivity (Wildman–Crippen MR) is 142 cm³/mol. The molecule has 1 aliphatic rings. The molecule has 0 bridgehead atoms. The van der Waals surface area contributed by atoms with Gasteiger partial charge in [0.1, 0.15) is 10.8 Å². The summed E-state index contributed by atoms with van der Waals surface area (Å²) in [6, 6.07) is 12.4. The van der Waals surface area contributed by atoms with Gasteiger partial charge in [0.25, 0.3) is 15.9 Å². The number of aromatic nitrogens is 2. The Morgan fingerprint density at radius 1 is 1.17 bits per heavy atom. The van der Waals surface area contributed by atoms with Gasteiger partial charge < -0.3 is 16.4 Å². The SMILES string of the molecule is CC1(CN)CCN(c2cnc(Sc3cccc(C(=O)NS(=O)(=O)c4ccccc4)c3Cl)c(N)n2)CC1. The van der Waals surface area contributed by atoms with E-state index in [9.17, 15) is 13.2 Å². The van der Waals surface area contributed by atoms with Gasteiger partial charge in [-0.3, -0.25) is 4.79 Å². The minimum atomic E-state index is -4.05. The zero-order chi connectivity index (χ0) is 25.9. The van der Waals surface area contributed by atoms with E-state index in [1.165, 1.54) is 18.2 Å². The van der Waals surface area contributed by atoms with E-state index in [0.717, 1.165) is 37.7 Å². The predicted octanol–water partition coefficient (Wildman–Crippen LogP) is 3.55. The van der Waals surface area contributed by atoms with E-state index in [4.69, 9.17) is 23.1 Å². The zero-order valence-corrected chi connectivity index (χ0v) is 22.0. The van der Waals surface area contributed by atoms with Crippen LogP contribution < -0.4 is 21.1 Å². The Morgan fingerprint density at radius 2 is 1.86 bits per heavy atom. The number of nitrogens with two attached hydrogens (primary N) is 2. The van der Waals surface area contributed by atoms with E-state index in [-0.39, 0.29) is 26.7 Å². The van der Waals surface area contributed by atoms with Crippen LogP contribution in [0.1, 0.15) is 30.1 Å². The number of benzene rings is 2. The average Bonchev–Trinajstić information content (AvgIpc) is 2.87. The van der Waals surface area contributed by atoms with Gasteiger partial charge in [-0.25, -0.2) is 23.1 Å². The summed E-state index contributed by atoms with van der Waals surface area (Å²) in [6.07, 6.45) is 3.60. The van der Waals surface area contributed by atoms with E-state index in [2.05, 4.69) is 26.5 Å². The van der Waals surface area contributed by atoms with Crippen LogP contribution in [0.4, 0.5) is 11.6 Å². The van der Waals surface area contributed by atoms with E-state index < -0.39 is 15.9 Å². The number of nitrogens with one attached hydrogen (secondary N) is 1. The van der Waals surface area contributed by atoms with E-state index in [0.29, 0.717) is 22.3 Å². The fourth-order valence-corrected chi connectivity index (χ4v) is 5.92. The summed E-state index contributed by atoms with van der Waals surface area (Å²) < 4.78 is 27.1. The molecule has 0 saturated carbocycles. The lowest BCUT2D eigenvalue weighted by Gasteiger charge is -2.39. The summed E-state index contributed by atoms with van der Waals surface area (Å²) in [5.41, 5.74) is 12.3. The number of carbonyl (C=O) groups is 1. The molecule has 1 aliphatic heterocycles. The molecule has 1 saturated heterocycles. The van der Waals surface area contributed by atoms with Gasteiger partial charge >= 0.3 is 0 Å². The highest BCUT2D eigenvalue weighted by molar-refractivity contribution is 7.99. The number of halogens is 1. The van der Waals surface area contributed by atoms with Gasteiger partial charge in [-0.15, -0.1) is 0 Å². The molecular formula is C24H27ClN6O3S2. The minimum Gasteiger partial charge on any atom is -0.381 e. The molecule has 2 heterocycles. The normalized spacial score (nSPS) is 15.5. The highest BCUT2D eigenvalue weighted by atomic mass is 35.5. The van der Waals surface area contributed by atoms with Crippen LogP contribution in [0.3, 0.4) is 0 Å². The Morgan fingerprint density at radius 3 is 2.50 bits per heavy atom. The first kappa shape index (κ1) is 26.2. The maximum absolute atomic E-state index is 12.8. The molecule has 4 rings (SSSR count). The van der Waals surface area contributed by atoms with Crippen LogP contribution in [-0.2, 0) is 10.0 Å². The number of anilines is 2. The van der Waals surface area contributed by atoms with Crippen molar-refractivity contribution in [1.29, 1.82) is 0 Å². The molecule has 0 spiro atoms. The van der Waals surface area contributed by atoms with Gasteiger partial charge in [0, 0.05) is 18.0 Å². The van der Waals surface area contributed by atoms with Crippen molar-refractivity contribution in [3.8, 4) is 0 Å². The molecule has 9 nitrogen and oxygen atoms in total. The number of hydrogen-bond acceptors (Lipinski definition) is 9. The van der Waals surface area contributed by atoms with Crippen molar-refractivity contribution in [2.24, 2.45) is 11.1 Å². The van der Waals surface area contributed by atoms with Crippen LogP contribution in [0.5, 0.6) is 0 Å². The van der Waals surface area contributed by atoms with Crippen molar-refractivity contribution in [3.05, 3.63) is 65.3 Å². The lowest BCUT2D eigenvalue weighted by molar-refractivity contribution is 0.0981. The largest absolute Gasteiger partial charge is 0.381 e. The van der Waals surface area contributed by atoms with E-state index in [1.807, 2.05) is 0 Å². The third-order valence-corrected chi connectivity index (χ3v) is 9.17. The fraction of sp³-hybridized carbons (Fsp3) is 0.292. The summed E-state index contributed by atoms with van der Waals surface area (Å²) in [4.78, 5) is 24.4. The van der Waals surface area contributed by atoms with Gasteiger partial charge in [0.2, 0.25) is 0 Å². The fourth-order valence-electron chi connectivity index (χ4n) is 3.80. The second-order valence-electron chi connectivity index (χ2n) is 8.89. The maximum Gasteiger partial charge on any atom is 0.266 e. The number of nitrogen functional groups attached to an aromatic ring is 1. The zero-order valence-electron chi connectivity index (χ0n) is 19.6. The summed E-state index contributed by atoms with van der Waals surface area (Å²) in [5, 5.41) is 0.518. The molecular weight excluding hydrogens is 520 g/mol. The van der Waals surface area contributed by atoms with Crippen molar-refractivity contribution in [1.82, 2.24) is 14.7 Å². The number of amides is 1. The topological polar surface area (TPSA) is 144 Å². The highest BCUT2D eigenvalue weighted by Crippen LogP contribution is 2.37. The van der Waals surface area contributed by atoms with Gasteiger partial charge in [-0.2, -0.15) is 0 Å². The minimum absolute atomic E-state index is 0.0144. The molecule has 1 fully saturated rings. The molecule has 0 radical (unpaired) electrons. The second kappa shape index (κ2) is 10.6. The van der Waals surface area contributed by atoms with Crippen molar-refractivity contribution < 1.29 is 13.2 Å². The third kappa shape index (κ3) is 5.75. The molecule has 0 unspecified atom stereocenters. The number of hydrogen-bond donors (Lipinski definition) is 3. The quantitative estimate of drug-likeness (QED) is 0.405. The van der Waals surface area contributed by atoms with Crippen molar-refractivity contribution >= 4 is 50.9 Å². The first-order valence-electron chi connectivity index (χ1n) is 11.3. The smallest absolute Gasteiger partial charge is 0.266 e. The van der Waals surface area contributed by atoms with Crippen molar-refractivity contribution in [2.45, 2.75) is 34.6 Å². The van der Waals surface area contributed by atoms with Crippen molar-refractivity contribution in [2.75, 3.05) is 30.3 Å². The molecule has 36 heavy (non-hydrogen) atoms. The van der Waals surface area contributed by atoms with Gasteiger partial charge in [-0.1, -0.05) is 54.6 Å². The van der Waals surface area contributed by atoms with Crippen molar-refractivity contribution in [3.63, 3.8) is 0 Å². The monoisotopic (exact) mass is 546 g/mol. The Kier molecular flexibility index (Phi) is 7.74. The third-order valence-electron chi connectivity index (χ3n) is 6.23. The standard InChI is InChI=1S/C24H27ClN6O3S2/c1-24(15-26)10-12-31(13-11-24)19-14-28-23(21(27)29-19)35-18-9-5-8-17(20(18)25)22(32)30-36(33,34)16-6-3-2-4-7-16/h2-9,14H,10-13,15,26H2,1H3,(H2,27,29)(H,30,32). The van der Waals surface area contributed by atoms with Crippen LogP contribution in [0.2, 0.25) is 5.02 Å². The Labute approximate surface area is 219 Å². The van der Waals surface area contributed by atoms with Gasteiger partial charge in [0.05, 0.1) is 21.7 Å².